The lowest BCUT2D eigenvalue weighted by molar-refractivity contribution is -0.131. The van der Waals surface area contributed by atoms with Crippen molar-refractivity contribution in [3.8, 4) is 0 Å². The largest absolute Gasteiger partial charge is 0.384 e. The molecule has 0 bridgehead atoms. The van der Waals surface area contributed by atoms with E-state index in [0.29, 0.717) is 24.4 Å². The zero-order valence-electron chi connectivity index (χ0n) is 24.1. The first-order valence-electron chi connectivity index (χ1n) is 14.9. The lowest BCUT2D eigenvalue weighted by atomic mass is 9.82. The van der Waals surface area contributed by atoms with Crippen LogP contribution in [0.15, 0.2) is 48.5 Å². The summed E-state index contributed by atoms with van der Waals surface area (Å²) in [6.45, 7) is 4.03. The van der Waals surface area contributed by atoms with Gasteiger partial charge in [0.15, 0.2) is 5.96 Å². The van der Waals surface area contributed by atoms with Crippen LogP contribution < -0.4 is 22.1 Å². The van der Waals surface area contributed by atoms with Crippen LogP contribution in [0.3, 0.4) is 0 Å². The van der Waals surface area contributed by atoms with Crippen molar-refractivity contribution < 1.29 is 9.59 Å². The fraction of sp³-hybridized carbons (Fsp3) is 0.500. The Morgan fingerprint density at radius 3 is 2.20 bits per heavy atom. The van der Waals surface area contributed by atoms with Gasteiger partial charge in [-0.15, -0.1) is 0 Å². The zero-order valence-corrected chi connectivity index (χ0v) is 24.1. The number of amides is 2. The second-order valence-electron chi connectivity index (χ2n) is 11.7. The van der Waals surface area contributed by atoms with Gasteiger partial charge in [-0.1, -0.05) is 67.8 Å². The first-order valence-corrected chi connectivity index (χ1v) is 14.9. The zero-order chi connectivity index (χ0) is 29.4. The van der Waals surface area contributed by atoms with E-state index < -0.39 is 12.0 Å². The third kappa shape index (κ3) is 8.08. The highest BCUT2D eigenvalue weighted by Gasteiger charge is 2.34. The van der Waals surface area contributed by atoms with Crippen molar-refractivity contribution in [1.82, 2.24) is 15.5 Å². The normalized spacial score (nSPS) is 17.8. The van der Waals surface area contributed by atoms with E-state index in [1.165, 1.54) is 0 Å². The van der Waals surface area contributed by atoms with E-state index in [2.05, 4.69) is 10.6 Å². The van der Waals surface area contributed by atoms with Crippen molar-refractivity contribution in [3.63, 3.8) is 0 Å². The molecule has 1 aliphatic heterocycles. The molecule has 1 heterocycles. The molecule has 0 aromatic heterocycles. The van der Waals surface area contributed by atoms with E-state index in [1.807, 2.05) is 60.4 Å². The number of carbonyl (C=O) groups excluding carboxylic acids is 2. The summed E-state index contributed by atoms with van der Waals surface area (Å²) >= 11 is 0. The monoisotopic (exact) mass is 559 g/mol. The van der Waals surface area contributed by atoms with Gasteiger partial charge in [0.25, 0.3) is 0 Å². The standard InChI is InChI=1S/C32H45N7O2/c1-21-7-5-6-10-26(21)27(19-22-11-13-25(14-12-22)29(33)34)30(40)38-28(24-8-3-2-4-9-24)31(41)37-20-23-15-17-39(18-16-23)32(35)36/h5-7,10-14,23-24,27-28H,2-4,8-9,15-20H2,1H3,(H3,33,34)(H3,35,36)(H,37,41)(H,38,40)/t27-,28+/m1/s1. The average Bonchev–Trinajstić information content (AvgIpc) is 2.98. The predicted octanol–water partition coefficient (Wildman–Crippen LogP) is 3.39. The number of nitrogens with one attached hydrogen (secondary N) is 4. The molecule has 2 atom stereocenters. The molecular weight excluding hydrogens is 514 g/mol. The van der Waals surface area contributed by atoms with Gasteiger partial charge in [0, 0.05) is 25.2 Å². The number of benzene rings is 2. The molecule has 1 saturated heterocycles. The third-order valence-electron chi connectivity index (χ3n) is 8.81. The number of hydrogen-bond donors (Lipinski definition) is 6. The summed E-state index contributed by atoms with van der Waals surface area (Å²) in [7, 11) is 0. The molecule has 220 valence electrons. The summed E-state index contributed by atoms with van der Waals surface area (Å²) in [6.07, 6.45) is 7.37. The van der Waals surface area contributed by atoms with Gasteiger partial charge in [-0.2, -0.15) is 0 Å². The fourth-order valence-corrected chi connectivity index (χ4v) is 6.23. The van der Waals surface area contributed by atoms with Gasteiger partial charge in [0.2, 0.25) is 11.8 Å². The molecule has 2 aliphatic rings. The van der Waals surface area contributed by atoms with E-state index >= 15 is 0 Å². The number of nitrogens with two attached hydrogens (primary N) is 2. The van der Waals surface area contributed by atoms with E-state index in [-0.39, 0.29) is 29.5 Å². The Morgan fingerprint density at radius 2 is 1.59 bits per heavy atom. The van der Waals surface area contributed by atoms with Crippen molar-refractivity contribution in [2.24, 2.45) is 23.3 Å². The van der Waals surface area contributed by atoms with E-state index in [0.717, 1.165) is 74.7 Å². The summed E-state index contributed by atoms with van der Waals surface area (Å²) in [5, 5.41) is 21.7. The quantitative estimate of drug-likeness (QED) is 0.194. The maximum Gasteiger partial charge on any atom is 0.242 e. The van der Waals surface area contributed by atoms with Gasteiger partial charge in [0.1, 0.15) is 11.9 Å². The Bertz CT molecular complexity index is 1210. The molecule has 8 N–H and O–H groups in total. The number of amidine groups is 1. The number of guanidine groups is 1. The SMILES string of the molecule is Cc1ccccc1[C@@H](Cc1ccc(C(=N)N)cc1)C(=O)N[C@H](C(=O)NCC1CCN(C(=N)N)CC1)C1CCCCC1. The Hall–Kier alpha value is -3.88. The second kappa shape index (κ2) is 14.1. The van der Waals surface area contributed by atoms with Crippen molar-refractivity contribution in [2.75, 3.05) is 19.6 Å². The molecule has 2 aromatic carbocycles. The minimum atomic E-state index is -0.577. The van der Waals surface area contributed by atoms with Crippen LogP contribution in [0.5, 0.6) is 0 Å². The van der Waals surface area contributed by atoms with Crippen LogP contribution in [0.1, 0.15) is 73.1 Å². The summed E-state index contributed by atoms with van der Waals surface area (Å²) in [5.41, 5.74) is 14.9. The van der Waals surface area contributed by atoms with Crippen LogP contribution in [0.4, 0.5) is 0 Å². The molecule has 41 heavy (non-hydrogen) atoms. The predicted molar refractivity (Wildman–Crippen MR) is 163 cm³/mol. The van der Waals surface area contributed by atoms with Crippen molar-refractivity contribution in [1.29, 1.82) is 10.8 Å². The van der Waals surface area contributed by atoms with E-state index in [1.54, 1.807) is 0 Å². The first-order chi connectivity index (χ1) is 19.7. The smallest absolute Gasteiger partial charge is 0.242 e. The van der Waals surface area contributed by atoms with Crippen LogP contribution >= 0.6 is 0 Å². The lowest BCUT2D eigenvalue weighted by Crippen LogP contribution is -2.53. The fourth-order valence-electron chi connectivity index (χ4n) is 6.23. The molecule has 0 radical (unpaired) electrons. The molecule has 2 fully saturated rings. The van der Waals surface area contributed by atoms with Crippen LogP contribution in [0.25, 0.3) is 0 Å². The number of nitrogen functional groups attached to an aromatic ring is 1. The Morgan fingerprint density at radius 1 is 0.927 bits per heavy atom. The molecule has 2 aromatic rings. The molecule has 0 spiro atoms. The van der Waals surface area contributed by atoms with Gasteiger partial charge in [-0.25, -0.2) is 0 Å². The summed E-state index contributed by atoms with van der Waals surface area (Å²) in [6, 6.07) is 14.8. The van der Waals surface area contributed by atoms with Crippen molar-refractivity contribution >= 4 is 23.6 Å². The number of likely N-dealkylation sites (tertiary alicyclic amines) is 1. The highest BCUT2D eigenvalue weighted by atomic mass is 16.2. The van der Waals surface area contributed by atoms with Crippen LogP contribution in [0, 0.1) is 29.6 Å². The topological polar surface area (TPSA) is 161 Å². The summed E-state index contributed by atoms with van der Waals surface area (Å²) in [4.78, 5) is 29.6. The van der Waals surface area contributed by atoms with Gasteiger partial charge >= 0.3 is 0 Å². The lowest BCUT2D eigenvalue weighted by Gasteiger charge is -2.34. The number of nitrogens with zero attached hydrogens (tertiary/aromatic N) is 1. The average molecular weight is 560 g/mol. The number of piperidine rings is 1. The first kappa shape index (κ1) is 30.1. The van der Waals surface area contributed by atoms with Crippen LogP contribution in [-0.2, 0) is 16.0 Å². The molecule has 2 amide bonds. The Balaban J connectivity index is 1.50. The maximum atomic E-state index is 14.1. The van der Waals surface area contributed by atoms with Crippen molar-refractivity contribution in [2.45, 2.75) is 70.3 Å². The Labute approximate surface area is 243 Å². The van der Waals surface area contributed by atoms with Crippen LogP contribution in [-0.4, -0.2) is 54.2 Å². The summed E-state index contributed by atoms with van der Waals surface area (Å²) < 4.78 is 0. The maximum absolute atomic E-state index is 14.1. The van der Waals surface area contributed by atoms with Gasteiger partial charge in [0.05, 0.1) is 5.92 Å². The number of hydrogen-bond acceptors (Lipinski definition) is 4. The van der Waals surface area contributed by atoms with Gasteiger partial charge in [-0.05, 0) is 67.6 Å². The van der Waals surface area contributed by atoms with Gasteiger partial charge in [-0.3, -0.25) is 20.4 Å². The van der Waals surface area contributed by atoms with Crippen LogP contribution in [0.2, 0.25) is 0 Å². The molecule has 9 heteroatoms. The van der Waals surface area contributed by atoms with Gasteiger partial charge < -0.3 is 27.0 Å². The highest BCUT2D eigenvalue weighted by Crippen LogP contribution is 2.29. The highest BCUT2D eigenvalue weighted by molar-refractivity contribution is 5.95. The number of carbonyl (C=O) groups is 2. The minimum absolute atomic E-state index is 0.00971. The number of rotatable bonds is 10. The second-order valence-corrected chi connectivity index (χ2v) is 11.7. The Kier molecular flexibility index (Phi) is 10.4. The molecule has 4 rings (SSSR count). The molecule has 1 saturated carbocycles. The molecular formula is C32H45N7O2. The summed E-state index contributed by atoms with van der Waals surface area (Å²) in [5.74, 6) is -0.158. The number of aryl methyl sites for hydroxylation is 1. The van der Waals surface area contributed by atoms with E-state index in [4.69, 9.17) is 22.3 Å². The third-order valence-corrected chi connectivity index (χ3v) is 8.81. The minimum Gasteiger partial charge on any atom is -0.384 e. The molecule has 9 nitrogen and oxygen atoms in total. The molecule has 0 unspecified atom stereocenters. The molecule has 1 aliphatic carbocycles. The van der Waals surface area contributed by atoms with Crippen molar-refractivity contribution in [3.05, 3.63) is 70.8 Å². The van der Waals surface area contributed by atoms with E-state index in [9.17, 15) is 9.59 Å².